The largest absolute Gasteiger partial charge is 0.488 e. The second kappa shape index (κ2) is 7.79. The molecule has 1 aliphatic heterocycles. The van der Waals surface area contributed by atoms with Gasteiger partial charge in [0, 0.05) is 28.2 Å². The summed E-state index contributed by atoms with van der Waals surface area (Å²) in [6.45, 7) is 0.234. The number of halogens is 2. The number of amides is 1. The van der Waals surface area contributed by atoms with Gasteiger partial charge in [-0.15, -0.1) is 0 Å². The number of para-hydroxylation sites is 1. The Morgan fingerprint density at radius 1 is 1.16 bits per heavy atom. The van der Waals surface area contributed by atoms with E-state index < -0.39 is 0 Å². The van der Waals surface area contributed by atoms with Crippen LogP contribution in [0.5, 0.6) is 5.75 Å². The van der Waals surface area contributed by atoms with E-state index >= 15 is 0 Å². The molecule has 25 heavy (non-hydrogen) atoms. The molecule has 0 spiro atoms. The van der Waals surface area contributed by atoms with E-state index in [-0.39, 0.29) is 12.5 Å². The summed E-state index contributed by atoms with van der Waals surface area (Å²) in [6.07, 6.45) is 1.78. The summed E-state index contributed by atoms with van der Waals surface area (Å²) in [5.41, 5.74) is 1.51. The third kappa shape index (κ3) is 4.01. The number of hydrogen-bond donors (Lipinski definition) is 0. The van der Waals surface area contributed by atoms with Gasteiger partial charge in [-0.05, 0) is 24.3 Å². The van der Waals surface area contributed by atoms with Crippen LogP contribution in [0, 0.1) is 0 Å². The van der Waals surface area contributed by atoms with Gasteiger partial charge in [0.05, 0.1) is 4.91 Å². The van der Waals surface area contributed by atoms with Crippen molar-refractivity contribution in [3.63, 3.8) is 0 Å². The number of likely N-dealkylation sites (N-methyl/N-ethyl adjacent to an activating group) is 1. The topological polar surface area (TPSA) is 29.5 Å². The fraction of sp³-hybridized carbons (Fsp3) is 0.111. The molecular weight excluding hydrogens is 397 g/mol. The van der Waals surface area contributed by atoms with Gasteiger partial charge >= 0.3 is 0 Å². The van der Waals surface area contributed by atoms with Gasteiger partial charge in [0.1, 0.15) is 16.7 Å². The van der Waals surface area contributed by atoms with Crippen molar-refractivity contribution in [1.82, 2.24) is 4.90 Å². The minimum Gasteiger partial charge on any atom is -0.488 e. The molecule has 1 aliphatic rings. The van der Waals surface area contributed by atoms with E-state index in [0.29, 0.717) is 25.0 Å². The maximum atomic E-state index is 12.2. The van der Waals surface area contributed by atoms with Crippen LogP contribution in [0.25, 0.3) is 6.08 Å². The molecule has 7 heteroatoms. The van der Waals surface area contributed by atoms with Crippen molar-refractivity contribution >= 4 is 63.5 Å². The average molecular weight is 410 g/mol. The van der Waals surface area contributed by atoms with E-state index in [1.54, 1.807) is 31.3 Å². The standard InChI is InChI=1S/C18H13Cl2NO2S2/c1-21-17(22)16(25-18(21)24)9-11-5-2-3-8-15(11)23-10-12-13(19)6-4-7-14(12)20/h2-9H,10H2,1H3. The van der Waals surface area contributed by atoms with E-state index in [9.17, 15) is 4.79 Å². The van der Waals surface area contributed by atoms with Crippen molar-refractivity contribution in [2.75, 3.05) is 7.05 Å². The summed E-state index contributed by atoms with van der Waals surface area (Å²) in [5.74, 6) is 0.527. The van der Waals surface area contributed by atoms with Crippen molar-refractivity contribution in [2.24, 2.45) is 0 Å². The number of thioether (sulfide) groups is 1. The molecule has 0 aromatic heterocycles. The fourth-order valence-electron chi connectivity index (χ4n) is 2.24. The molecule has 1 amide bonds. The molecule has 1 heterocycles. The van der Waals surface area contributed by atoms with E-state index in [2.05, 4.69) is 0 Å². The molecule has 1 fully saturated rings. The van der Waals surface area contributed by atoms with Gasteiger partial charge in [-0.25, -0.2) is 0 Å². The Balaban J connectivity index is 1.85. The SMILES string of the molecule is CN1C(=O)C(=Cc2ccccc2OCc2c(Cl)cccc2Cl)SC1=S. The fourth-order valence-corrected chi connectivity index (χ4v) is 3.92. The highest BCUT2D eigenvalue weighted by Crippen LogP contribution is 2.34. The van der Waals surface area contributed by atoms with Crippen LogP contribution in [0.15, 0.2) is 47.4 Å². The summed E-state index contributed by atoms with van der Waals surface area (Å²) in [4.78, 5) is 14.2. The van der Waals surface area contributed by atoms with E-state index in [1.165, 1.54) is 16.7 Å². The first-order valence-corrected chi connectivity index (χ1v) is 9.31. The number of rotatable bonds is 4. The first-order chi connectivity index (χ1) is 12.0. The molecule has 0 N–H and O–H groups in total. The lowest BCUT2D eigenvalue weighted by Gasteiger charge is -2.12. The molecule has 0 radical (unpaired) electrons. The van der Waals surface area contributed by atoms with Gasteiger partial charge in [0.25, 0.3) is 5.91 Å². The third-order valence-corrected chi connectivity index (χ3v) is 5.82. The zero-order valence-electron chi connectivity index (χ0n) is 13.2. The summed E-state index contributed by atoms with van der Waals surface area (Å²) in [5, 5.41) is 1.11. The van der Waals surface area contributed by atoms with Crippen LogP contribution in [-0.2, 0) is 11.4 Å². The zero-order valence-corrected chi connectivity index (χ0v) is 16.3. The number of ether oxygens (including phenoxy) is 1. The Morgan fingerprint density at radius 2 is 1.84 bits per heavy atom. The van der Waals surface area contributed by atoms with Gasteiger partial charge in [0.15, 0.2) is 0 Å². The van der Waals surface area contributed by atoms with Crippen LogP contribution in [0.3, 0.4) is 0 Å². The smallest absolute Gasteiger partial charge is 0.265 e. The van der Waals surface area contributed by atoms with Gasteiger partial charge in [-0.1, -0.05) is 71.4 Å². The monoisotopic (exact) mass is 409 g/mol. The molecule has 2 aromatic carbocycles. The highest BCUT2D eigenvalue weighted by Gasteiger charge is 2.28. The van der Waals surface area contributed by atoms with Crippen LogP contribution in [0.4, 0.5) is 0 Å². The average Bonchev–Trinajstić information content (AvgIpc) is 2.83. The molecule has 128 valence electrons. The van der Waals surface area contributed by atoms with E-state index in [0.717, 1.165) is 11.1 Å². The van der Waals surface area contributed by atoms with Crippen LogP contribution in [-0.4, -0.2) is 22.2 Å². The van der Waals surface area contributed by atoms with Gasteiger partial charge in [0.2, 0.25) is 0 Å². The second-order valence-electron chi connectivity index (χ2n) is 5.27. The maximum Gasteiger partial charge on any atom is 0.265 e. The lowest BCUT2D eigenvalue weighted by atomic mass is 10.1. The molecular formula is C18H13Cl2NO2S2. The molecule has 3 nitrogen and oxygen atoms in total. The van der Waals surface area contributed by atoms with E-state index in [1.807, 2.05) is 24.3 Å². The van der Waals surface area contributed by atoms with Crippen molar-refractivity contribution in [3.05, 3.63) is 68.5 Å². The van der Waals surface area contributed by atoms with Crippen molar-refractivity contribution in [3.8, 4) is 5.75 Å². The van der Waals surface area contributed by atoms with Crippen LogP contribution >= 0.6 is 47.2 Å². The molecule has 0 saturated carbocycles. The van der Waals surface area contributed by atoms with Crippen LogP contribution in [0.1, 0.15) is 11.1 Å². The van der Waals surface area contributed by atoms with Crippen molar-refractivity contribution in [1.29, 1.82) is 0 Å². The zero-order chi connectivity index (χ0) is 18.0. The quantitative estimate of drug-likeness (QED) is 0.499. The Hall–Kier alpha value is -1.53. The van der Waals surface area contributed by atoms with Gasteiger partial charge in [-0.2, -0.15) is 0 Å². The normalized spacial score (nSPS) is 16.0. The second-order valence-corrected chi connectivity index (χ2v) is 7.76. The molecule has 0 unspecified atom stereocenters. The summed E-state index contributed by atoms with van der Waals surface area (Å²) < 4.78 is 6.44. The predicted molar refractivity (Wildman–Crippen MR) is 108 cm³/mol. The first kappa shape index (κ1) is 18.3. The molecule has 0 atom stereocenters. The Bertz CT molecular complexity index is 863. The predicted octanol–water partition coefficient (Wildman–Crippen LogP) is 5.40. The number of benzene rings is 2. The first-order valence-electron chi connectivity index (χ1n) is 7.33. The van der Waals surface area contributed by atoms with Crippen molar-refractivity contribution < 1.29 is 9.53 Å². The molecule has 3 rings (SSSR count). The number of carbonyl (C=O) groups excluding carboxylic acids is 1. The molecule has 0 aliphatic carbocycles. The number of nitrogens with zero attached hydrogens (tertiary/aromatic N) is 1. The Labute approximate surface area is 165 Å². The van der Waals surface area contributed by atoms with Crippen LogP contribution < -0.4 is 4.74 Å². The van der Waals surface area contributed by atoms with Gasteiger partial charge < -0.3 is 4.74 Å². The molecule has 1 saturated heterocycles. The number of hydrogen-bond acceptors (Lipinski definition) is 4. The Morgan fingerprint density at radius 3 is 2.48 bits per heavy atom. The van der Waals surface area contributed by atoms with Crippen LogP contribution in [0.2, 0.25) is 10.0 Å². The lowest BCUT2D eigenvalue weighted by molar-refractivity contribution is -0.121. The number of carbonyl (C=O) groups is 1. The summed E-state index contributed by atoms with van der Waals surface area (Å²) in [6, 6.07) is 12.8. The summed E-state index contributed by atoms with van der Waals surface area (Å²) in [7, 11) is 1.67. The molecule has 0 bridgehead atoms. The van der Waals surface area contributed by atoms with Crippen molar-refractivity contribution in [2.45, 2.75) is 6.61 Å². The maximum absolute atomic E-state index is 12.2. The summed E-state index contributed by atoms with van der Waals surface area (Å²) >= 11 is 18.8. The lowest BCUT2D eigenvalue weighted by Crippen LogP contribution is -2.22. The minimum atomic E-state index is -0.112. The third-order valence-electron chi connectivity index (χ3n) is 3.63. The van der Waals surface area contributed by atoms with Gasteiger partial charge in [-0.3, -0.25) is 9.69 Å². The highest BCUT2D eigenvalue weighted by atomic mass is 35.5. The van der Waals surface area contributed by atoms with E-state index in [4.69, 9.17) is 40.2 Å². The highest BCUT2D eigenvalue weighted by molar-refractivity contribution is 8.26. The minimum absolute atomic E-state index is 0.112. The Kier molecular flexibility index (Phi) is 5.69. The number of thiocarbonyl (C=S) groups is 1. The molecule has 2 aromatic rings.